The summed E-state index contributed by atoms with van der Waals surface area (Å²) in [5.41, 5.74) is 1.05. The molecule has 24 heavy (non-hydrogen) atoms. The number of aryl methyl sites for hydroxylation is 1. The predicted octanol–water partition coefficient (Wildman–Crippen LogP) is 2.54. The molecule has 0 fully saturated rings. The van der Waals surface area contributed by atoms with Gasteiger partial charge in [-0.05, 0) is 42.0 Å². The minimum Gasteiger partial charge on any atom is -0.490 e. The van der Waals surface area contributed by atoms with E-state index >= 15 is 0 Å². The largest absolute Gasteiger partial charge is 0.490 e. The van der Waals surface area contributed by atoms with Crippen LogP contribution in [0.15, 0.2) is 17.3 Å². The third-order valence-corrected chi connectivity index (χ3v) is 4.37. The lowest BCUT2D eigenvalue weighted by molar-refractivity contribution is 0.287. The molecule has 0 atom stereocenters. The zero-order valence-electron chi connectivity index (χ0n) is 14.1. The van der Waals surface area contributed by atoms with Crippen LogP contribution in [0.3, 0.4) is 0 Å². The molecule has 0 amide bonds. The van der Waals surface area contributed by atoms with Crippen molar-refractivity contribution < 1.29 is 9.47 Å². The van der Waals surface area contributed by atoms with Gasteiger partial charge < -0.3 is 14.8 Å². The molecule has 2 rings (SSSR count). The lowest BCUT2D eigenvalue weighted by atomic mass is 10.2. The molecule has 1 aromatic heterocycles. The lowest BCUT2D eigenvalue weighted by Gasteiger charge is -2.14. The van der Waals surface area contributed by atoms with Gasteiger partial charge in [0, 0.05) is 25.9 Å². The smallest absolute Gasteiger partial charge is 0.209 e. The Balaban J connectivity index is 1.86. The van der Waals surface area contributed by atoms with E-state index in [0.717, 1.165) is 23.0 Å². The van der Waals surface area contributed by atoms with Gasteiger partial charge in [0.1, 0.15) is 0 Å². The first-order valence-electron chi connectivity index (χ1n) is 7.79. The number of benzene rings is 1. The summed E-state index contributed by atoms with van der Waals surface area (Å²) in [7, 11) is 1.83. The normalized spacial score (nSPS) is 10.8. The topological polar surface area (TPSA) is 74.1 Å². The monoisotopic (exact) mass is 371 g/mol. The number of aromatic nitrogens is 4. The van der Waals surface area contributed by atoms with Crippen LogP contribution in [0.1, 0.15) is 19.4 Å². The average Bonchev–Trinajstić information content (AvgIpc) is 2.96. The van der Waals surface area contributed by atoms with Crippen LogP contribution in [0.5, 0.6) is 11.5 Å². The van der Waals surface area contributed by atoms with E-state index in [4.69, 9.17) is 21.1 Å². The predicted molar refractivity (Wildman–Crippen MR) is 95.0 cm³/mol. The molecular formula is C15H22ClN5O2S. The highest BCUT2D eigenvalue weighted by atomic mass is 35.5. The van der Waals surface area contributed by atoms with Crippen molar-refractivity contribution in [2.75, 3.05) is 25.5 Å². The van der Waals surface area contributed by atoms with Crippen molar-refractivity contribution in [2.45, 2.75) is 25.5 Å². The molecule has 0 saturated carbocycles. The molecule has 1 aromatic carbocycles. The molecule has 2 aromatic rings. The van der Waals surface area contributed by atoms with Gasteiger partial charge >= 0.3 is 0 Å². The Morgan fingerprint density at radius 3 is 2.71 bits per heavy atom. The molecule has 0 spiro atoms. The molecule has 7 nitrogen and oxygen atoms in total. The second-order valence-corrected chi connectivity index (χ2v) is 6.35. The number of nitrogens with zero attached hydrogens (tertiary/aromatic N) is 4. The van der Waals surface area contributed by atoms with Gasteiger partial charge in [0.05, 0.1) is 18.2 Å². The Morgan fingerprint density at radius 1 is 1.25 bits per heavy atom. The van der Waals surface area contributed by atoms with Crippen LogP contribution >= 0.6 is 23.4 Å². The zero-order valence-corrected chi connectivity index (χ0v) is 15.7. The minimum atomic E-state index is 0.547. The van der Waals surface area contributed by atoms with Gasteiger partial charge in [-0.2, -0.15) is 0 Å². The molecule has 0 bridgehead atoms. The fourth-order valence-corrected chi connectivity index (χ4v) is 3.10. The Bertz CT molecular complexity index is 653. The summed E-state index contributed by atoms with van der Waals surface area (Å²) in [6, 6.07) is 3.87. The summed E-state index contributed by atoms with van der Waals surface area (Å²) in [6.07, 6.45) is 0. The maximum absolute atomic E-state index is 6.31. The average molecular weight is 372 g/mol. The maximum Gasteiger partial charge on any atom is 0.209 e. The van der Waals surface area contributed by atoms with Crippen molar-refractivity contribution in [1.29, 1.82) is 0 Å². The number of thioether (sulfide) groups is 1. The summed E-state index contributed by atoms with van der Waals surface area (Å²) in [4.78, 5) is 0. The third-order valence-electron chi connectivity index (χ3n) is 3.08. The Hall–Kier alpha value is -1.51. The van der Waals surface area contributed by atoms with E-state index in [9.17, 15) is 0 Å². The molecule has 9 heteroatoms. The van der Waals surface area contributed by atoms with E-state index < -0.39 is 0 Å². The first-order chi connectivity index (χ1) is 11.7. The number of nitrogens with one attached hydrogen (secondary N) is 1. The molecule has 0 aliphatic carbocycles. The molecular weight excluding hydrogens is 350 g/mol. The van der Waals surface area contributed by atoms with Gasteiger partial charge in [0.15, 0.2) is 11.5 Å². The molecule has 1 heterocycles. The zero-order chi connectivity index (χ0) is 17.4. The molecule has 0 saturated heterocycles. The Labute approximate surface area is 151 Å². The maximum atomic E-state index is 6.31. The van der Waals surface area contributed by atoms with Crippen molar-refractivity contribution in [3.05, 3.63) is 22.7 Å². The van der Waals surface area contributed by atoms with E-state index in [1.54, 1.807) is 16.4 Å². The van der Waals surface area contributed by atoms with E-state index in [0.29, 0.717) is 36.3 Å². The van der Waals surface area contributed by atoms with Gasteiger partial charge in [0.25, 0.3) is 0 Å². The number of hydrogen-bond donors (Lipinski definition) is 1. The fourth-order valence-electron chi connectivity index (χ4n) is 2.06. The fraction of sp³-hybridized carbons (Fsp3) is 0.533. The number of rotatable bonds is 10. The summed E-state index contributed by atoms with van der Waals surface area (Å²) in [5.74, 6) is 2.16. The molecule has 132 valence electrons. The summed E-state index contributed by atoms with van der Waals surface area (Å²) >= 11 is 7.92. The van der Waals surface area contributed by atoms with E-state index in [2.05, 4.69) is 20.8 Å². The van der Waals surface area contributed by atoms with Gasteiger partial charge in [-0.25, -0.2) is 4.68 Å². The van der Waals surface area contributed by atoms with Crippen LogP contribution in [0.25, 0.3) is 0 Å². The van der Waals surface area contributed by atoms with Gasteiger partial charge in [-0.3, -0.25) is 0 Å². The number of tetrazole rings is 1. The number of ether oxygens (including phenoxy) is 2. The van der Waals surface area contributed by atoms with Crippen LogP contribution in [-0.2, 0) is 13.6 Å². The summed E-state index contributed by atoms with van der Waals surface area (Å²) < 4.78 is 12.9. The van der Waals surface area contributed by atoms with Crippen molar-refractivity contribution >= 4 is 23.4 Å². The quantitative estimate of drug-likeness (QED) is 0.508. The van der Waals surface area contributed by atoms with Crippen LogP contribution < -0.4 is 14.8 Å². The first kappa shape index (κ1) is 18.8. The van der Waals surface area contributed by atoms with E-state index in [1.807, 2.05) is 33.0 Å². The number of hydrogen-bond acceptors (Lipinski definition) is 7. The standard InChI is InChI=1S/C15H22ClN5O2S/c1-4-22-13-9-11(8-12(16)14(13)23-5-2)10-17-6-7-24-15-18-19-20-21(15)3/h8-9,17H,4-7,10H2,1-3H3. The SMILES string of the molecule is CCOc1cc(CNCCSc2nnnn2C)cc(Cl)c1OCC. The van der Waals surface area contributed by atoms with Crippen LogP contribution in [0, 0.1) is 0 Å². The molecule has 0 radical (unpaired) electrons. The summed E-state index contributed by atoms with van der Waals surface area (Å²) in [6.45, 7) is 6.50. The van der Waals surface area contributed by atoms with Gasteiger partial charge in [-0.15, -0.1) is 5.10 Å². The Kier molecular flexibility index (Phi) is 7.61. The van der Waals surface area contributed by atoms with Crippen molar-refractivity contribution in [3.8, 4) is 11.5 Å². The second-order valence-electron chi connectivity index (χ2n) is 4.88. The first-order valence-corrected chi connectivity index (χ1v) is 9.15. The molecule has 0 aliphatic rings. The highest BCUT2D eigenvalue weighted by Crippen LogP contribution is 2.36. The van der Waals surface area contributed by atoms with Gasteiger partial charge in [0.2, 0.25) is 5.16 Å². The number of halogens is 1. The van der Waals surface area contributed by atoms with Crippen LogP contribution in [-0.4, -0.2) is 45.7 Å². The molecule has 1 N–H and O–H groups in total. The third kappa shape index (κ3) is 5.25. The molecule has 0 aliphatic heterocycles. The van der Waals surface area contributed by atoms with E-state index in [1.165, 1.54) is 0 Å². The second kappa shape index (κ2) is 9.71. The van der Waals surface area contributed by atoms with Gasteiger partial charge in [-0.1, -0.05) is 23.4 Å². The molecule has 0 unspecified atom stereocenters. The van der Waals surface area contributed by atoms with Crippen molar-refractivity contribution in [2.24, 2.45) is 7.05 Å². The minimum absolute atomic E-state index is 0.547. The highest BCUT2D eigenvalue weighted by molar-refractivity contribution is 7.99. The van der Waals surface area contributed by atoms with Crippen molar-refractivity contribution in [1.82, 2.24) is 25.5 Å². The van der Waals surface area contributed by atoms with Crippen molar-refractivity contribution in [3.63, 3.8) is 0 Å². The van der Waals surface area contributed by atoms with E-state index in [-0.39, 0.29) is 0 Å². The van der Waals surface area contributed by atoms with Crippen LogP contribution in [0.2, 0.25) is 5.02 Å². The lowest BCUT2D eigenvalue weighted by Crippen LogP contribution is -2.17. The highest BCUT2D eigenvalue weighted by Gasteiger charge is 2.12. The Morgan fingerprint density at radius 2 is 2.04 bits per heavy atom. The van der Waals surface area contributed by atoms with Crippen LogP contribution in [0.4, 0.5) is 0 Å². The summed E-state index contributed by atoms with van der Waals surface area (Å²) in [5, 5.41) is 16.1.